The first-order chi connectivity index (χ1) is 30.3. The lowest BCUT2D eigenvalue weighted by Crippen LogP contribution is -2.74. The van der Waals surface area contributed by atoms with Crippen LogP contribution in [0.15, 0.2) is 231 Å². The number of hydrogen-bond donors (Lipinski definition) is 0. The summed E-state index contributed by atoms with van der Waals surface area (Å²) in [4.78, 5) is 20.7. The maximum absolute atomic E-state index is 5.58. The third-order valence-corrected chi connectivity index (χ3v) is 16.7. The topological polar surface area (TPSA) is 51.6 Å². The molecule has 0 aliphatic rings. The summed E-state index contributed by atoms with van der Waals surface area (Å²) in [5.74, 6) is 0. The molecule has 4 aromatic heterocycles. The van der Waals surface area contributed by atoms with E-state index in [0.717, 1.165) is 77.6 Å². The standard InChI is InChI=1S/C56H38N4Si/c1-5-18-39(19-6-1)49-38-53(51-31-13-14-34-57-51)60-56-46(49)32-33-47-50(37-52(59-55(47)56)48-30-16-20-40-22-17-35-58-54(40)48)41-21-15-29-45(36-41)61(42-23-7-2-8-24-42,43-25-9-3-10-26-43)44-27-11-4-12-28-44/h1-38H. The second kappa shape index (κ2) is 15.4. The van der Waals surface area contributed by atoms with Gasteiger partial charge >= 0.3 is 0 Å². The van der Waals surface area contributed by atoms with Crippen molar-refractivity contribution < 1.29 is 0 Å². The van der Waals surface area contributed by atoms with E-state index in [-0.39, 0.29) is 0 Å². The summed E-state index contributed by atoms with van der Waals surface area (Å²) in [5.41, 5.74) is 10.4. The number of rotatable bonds is 8. The minimum absolute atomic E-state index is 0.798. The Hall–Kier alpha value is -7.86. The van der Waals surface area contributed by atoms with Crippen LogP contribution in [0.1, 0.15) is 0 Å². The second-order valence-electron chi connectivity index (χ2n) is 15.4. The molecular weight excluding hydrogens is 757 g/mol. The highest BCUT2D eigenvalue weighted by atomic mass is 28.3. The van der Waals surface area contributed by atoms with Gasteiger partial charge in [0.2, 0.25) is 0 Å². The van der Waals surface area contributed by atoms with Gasteiger partial charge in [0.15, 0.2) is 8.07 Å². The van der Waals surface area contributed by atoms with Gasteiger partial charge in [0, 0.05) is 34.1 Å². The largest absolute Gasteiger partial charge is 0.256 e. The number of hydrogen-bond acceptors (Lipinski definition) is 4. The van der Waals surface area contributed by atoms with Crippen LogP contribution in [0.25, 0.3) is 77.6 Å². The molecule has 0 saturated carbocycles. The Balaban J connectivity index is 1.24. The third kappa shape index (κ3) is 6.31. The Kier molecular flexibility index (Phi) is 9.14. The van der Waals surface area contributed by atoms with E-state index in [1.807, 2.05) is 36.7 Å². The smallest absolute Gasteiger partial charge is 0.179 e. The SMILES string of the molecule is c1ccc(-c2cc(-c3ccccn3)nc3c2ccc2c(-c4cccc([Si](c5ccccc5)(c5ccccc5)c5ccccc5)c4)cc(-c4cccc5cccnc45)nc23)cc1. The Morgan fingerprint density at radius 2 is 0.803 bits per heavy atom. The quantitative estimate of drug-likeness (QED) is 0.0873. The van der Waals surface area contributed by atoms with E-state index in [4.69, 9.17) is 19.9 Å². The van der Waals surface area contributed by atoms with Crippen molar-refractivity contribution in [3.63, 3.8) is 0 Å². The minimum Gasteiger partial charge on any atom is -0.256 e. The van der Waals surface area contributed by atoms with Crippen LogP contribution in [0.3, 0.4) is 0 Å². The van der Waals surface area contributed by atoms with Gasteiger partial charge in [0.05, 0.1) is 33.6 Å². The molecule has 11 rings (SSSR count). The van der Waals surface area contributed by atoms with Gasteiger partial charge in [-0.25, -0.2) is 9.97 Å². The predicted molar refractivity (Wildman–Crippen MR) is 255 cm³/mol. The van der Waals surface area contributed by atoms with Crippen molar-refractivity contribution in [3.8, 4) is 44.9 Å². The fraction of sp³-hybridized carbons (Fsp3) is 0. The van der Waals surface area contributed by atoms with E-state index in [0.29, 0.717) is 0 Å². The fourth-order valence-electron chi connectivity index (χ4n) is 9.15. The van der Waals surface area contributed by atoms with E-state index in [1.165, 1.54) is 20.7 Å². The number of nitrogens with zero attached hydrogens (tertiary/aromatic N) is 4. The molecule has 0 spiro atoms. The lowest BCUT2D eigenvalue weighted by molar-refractivity contribution is 1.27. The molecule has 0 amide bonds. The highest BCUT2D eigenvalue weighted by Gasteiger charge is 2.41. The van der Waals surface area contributed by atoms with Gasteiger partial charge < -0.3 is 0 Å². The maximum Gasteiger partial charge on any atom is 0.179 e. The van der Waals surface area contributed by atoms with Crippen LogP contribution in [0.2, 0.25) is 0 Å². The van der Waals surface area contributed by atoms with Gasteiger partial charge in [-0.05, 0) is 73.3 Å². The van der Waals surface area contributed by atoms with Crippen LogP contribution < -0.4 is 20.7 Å². The average Bonchev–Trinajstić information content (AvgIpc) is 3.35. The third-order valence-electron chi connectivity index (χ3n) is 11.9. The van der Waals surface area contributed by atoms with Crippen LogP contribution in [-0.2, 0) is 0 Å². The van der Waals surface area contributed by atoms with Crippen LogP contribution in [-0.4, -0.2) is 28.0 Å². The van der Waals surface area contributed by atoms with Gasteiger partial charge in [-0.3, -0.25) is 9.97 Å². The highest BCUT2D eigenvalue weighted by molar-refractivity contribution is 7.19. The molecule has 0 aliphatic heterocycles. The summed E-state index contributed by atoms with van der Waals surface area (Å²) < 4.78 is 0. The summed E-state index contributed by atoms with van der Waals surface area (Å²) in [6.45, 7) is 0. The van der Waals surface area contributed by atoms with Crippen LogP contribution in [0, 0.1) is 0 Å². The Morgan fingerprint density at radius 1 is 0.295 bits per heavy atom. The molecule has 7 aromatic carbocycles. The molecule has 5 heteroatoms. The van der Waals surface area contributed by atoms with Gasteiger partial charge in [-0.15, -0.1) is 0 Å². The van der Waals surface area contributed by atoms with Crippen LogP contribution in [0.5, 0.6) is 0 Å². The number of para-hydroxylation sites is 1. The Bertz CT molecular complexity index is 3240. The molecule has 0 unspecified atom stereocenters. The van der Waals surface area contributed by atoms with Crippen molar-refractivity contribution in [1.29, 1.82) is 0 Å². The molecule has 0 bridgehead atoms. The normalized spacial score (nSPS) is 11.6. The first-order valence-electron chi connectivity index (χ1n) is 20.6. The van der Waals surface area contributed by atoms with Gasteiger partial charge in [-0.1, -0.05) is 188 Å². The number of aromatic nitrogens is 4. The van der Waals surface area contributed by atoms with Crippen molar-refractivity contribution in [1.82, 2.24) is 19.9 Å². The molecule has 0 N–H and O–H groups in total. The summed E-state index contributed by atoms with van der Waals surface area (Å²) in [7, 11) is -2.82. The molecule has 11 aromatic rings. The number of fused-ring (bicyclic) bond motifs is 4. The summed E-state index contributed by atoms with van der Waals surface area (Å²) in [6, 6.07) is 78.4. The molecule has 0 fully saturated rings. The van der Waals surface area contributed by atoms with Crippen molar-refractivity contribution in [2.45, 2.75) is 0 Å². The first kappa shape index (κ1) is 36.2. The van der Waals surface area contributed by atoms with Crippen molar-refractivity contribution in [2.75, 3.05) is 0 Å². The molecule has 4 heterocycles. The molecule has 0 aliphatic carbocycles. The van der Waals surface area contributed by atoms with Crippen molar-refractivity contribution >= 4 is 61.5 Å². The van der Waals surface area contributed by atoms with Crippen LogP contribution >= 0.6 is 0 Å². The maximum atomic E-state index is 5.58. The Morgan fingerprint density at radius 3 is 1.44 bits per heavy atom. The monoisotopic (exact) mass is 794 g/mol. The lowest BCUT2D eigenvalue weighted by atomic mass is 9.94. The zero-order valence-corrected chi connectivity index (χ0v) is 34.2. The summed E-state index contributed by atoms with van der Waals surface area (Å²) >= 11 is 0. The predicted octanol–water partition coefficient (Wildman–Crippen LogP) is 10.8. The molecule has 0 atom stereocenters. The van der Waals surface area contributed by atoms with Gasteiger partial charge in [0.25, 0.3) is 0 Å². The van der Waals surface area contributed by atoms with E-state index in [9.17, 15) is 0 Å². The first-order valence-corrected chi connectivity index (χ1v) is 22.6. The molecule has 4 nitrogen and oxygen atoms in total. The Labute approximate surface area is 355 Å². The molecule has 286 valence electrons. The van der Waals surface area contributed by atoms with E-state index >= 15 is 0 Å². The second-order valence-corrected chi connectivity index (χ2v) is 19.2. The van der Waals surface area contributed by atoms with Crippen LogP contribution in [0.4, 0.5) is 0 Å². The van der Waals surface area contributed by atoms with Gasteiger partial charge in [-0.2, -0.15) is 0 Å². The van der Waals surface area contributed by atoms with E-state index in [1.54, 1.807) is 0 Å². The average molecular weight is 795 g/mol. The van der Waals surface area contributed by atoms with Crippen molar-refractivity contribution in [3.05, 3.63) is 231 Å². The lowest BCUT2D eigenvalue weighted by Gasteiger charge is -2.34. The fourth-order valence-corrected chi connectivity index (χ4v) is 13.9. The zero-order chi connectivity index (χ0) is 40.6. The van der Waals surface area contributed by atoms with E-state index < -0.39 is 8.07 Å². The number of benzene rings is 7. The highest BCUT2D eigenvalue weighted by Crippen LogP contribution is 2.40. The zero-order valence-electron chi connectivity index (χ0n) is 33.2. The summed E-state index contributed by atoms with van der Waals surface area (Å²) in [6.07, 6.45) is 3.69. The molecule has 0 radical (unpaired) electrons. The minimum atomic E-state index is -2.82. The summed E-state index contributed by atoms with van der Waals surface area (Å²) in [5, 5.41) is 8.41. The van der Waals surface area contributed by atoms with Gasteiger partial charge in [0.1, 0.15) is 0 Å². The van der Waals surface area contributed by atoms with E-state index in [2.05, 4.69) is 194 Å². The van der Waals surface area contributed by atoms with Crippen molar-refractivity contribution in [2.24, 2.45) is 0 Å². The molecule has 0 saturated heterocycles. The molecule has 61 heavy (non-hydrogen) atoms. The molecular formula is C56H38N4Si. The number of pyridine rings is 4.